The summed E-state index contributed by atoms with van der Waals surface area (Å²) in [7, 11) is 0. The van der Waals surface area contributed by atoms with Gasteiger partial charge in [0.05, 0.1) is 5.92 Å². The highest BCUT2D eigenvalue weighted by atomic mass is 32.1. The summed E-state index contributed by atoms with van der Waals surface area (Å²) in [5, 5.41) is 6.97. The molecule has 1 fully saturated rings. The molecule has 1 heterocycles. The lowest BCUT2D eigenvalue weighted by molar-refractivity contribution is -0.139. The number of ketones is 2. The molecule has 0 saturated heterocycles. The van der Waals surface area contributed by atoms with Crippen molar-refractivity contribution in [2.75, 3.05) is 5.32 Å². The molecule has 21 heavy (non-hydrogen) atoms. The van der Waals surface area contributed by atoms with E-state index in [-0.39, 0.29) is 36.2 Å². The van der Waals surface area contributed by atoms with Crippen LogP contribution in [0.5, 0.6) is 0 Å². The Hall–Kier alpha value is -2.09. The number of aromatic nitrogens is 1. The smallest absolute Gasteiger partial charge is 0.248 e. The molecule has 7 nitrogen and oxygen atoms in total. The van der Waals surface area contributed by atoms with E-state index in [4.69, 9.17) is 0 Å². The molecule has 1 saturated carbocycles. The molecule has 0 spiro atoms. The number of thiazole rings is 1. The largest absolute Gasteiger partial charge is 0.344 e. The van der Waals surface area contributed by atoms with Crippen LogP contribution in [-0.4, -0.2) is 34.4 Å². The third-order valence-corrected chi connectivity index (χ3v) is 3.92. The highest BCUT2D eigenvalue weighted by Gasteiger charge is 2.33. The Morgan fingerprint density at radius 1 is 1.38 bits per heavy atom. The van der Waals surface area contributed by atoms with Gasteiger partial charge in [0.2, 0.25) is 11.8 Å². The first-order valence-corrected chi connectivity index (χ1v) is 7.34. The molecule has 0 radical (unpaired) electrons. The predicted octanol–water partition coefficient (Wildman–Crippen LogP) is 0.768. The second-order valence-corrected chi connectivity index (χ2v) is 5.82. The number of hydrogen-bond donors (Lipinski definition) is 2. The van der Waals surface area contributed by atoms with Crippen LogP contribution < -0.4 is 10.6 Å². The van der Waals surface area contributed by atoms with Crippen molar-refractivity contribution in [1.29, 1.82) is 0 Å². The zero-order chi connectivity index (χ0) is 15.6. The molecule has 112 valence electrons. The van der Waals surface area contributed by atoms with Gasteiger partial charge in [0.25, 0.3) is 0 Å². The van der Waals surface area contributed by atoms with Gasteiger partial charge in [-0.3, -0.25) is 19.2 Å². The SMILES string of the molecule is CC(=O)c1csc(NC(=O)[C@@H](C)NC(=O)C2CC(=O)C2)n1. The first-order chi connectivity index (χ1) is 9.86. The third-order valence-electron chi connectivity index (χ3n) is 3.17. The molecular formula is C13H15N3O4S. The van der Waals surface area contributed by atoms with E-state index in [1.807, 2.05) is 0 Å². The minimum Gasteiger partial charge on any atom is -0.344 e. The fourth-order valence-corrected chi connectivity index (χ4v) is 2.53. The lowest BCUT2D eigenvalue weighted by Crippen LogP contribution is -2.47. The predicted molar refractivity (Wildman–Crippen MR) is 76.1 cm³/mol. The normalized spacial score (nSPS) is 16.0. The van der Waals surface area contributed by atoms with Gasteiger partial charge in [0.1, 0.15) is 17.5 Å². The number of anilines is 1. The van der Waals surface area contributed by atoms with Crippen molar-refractivity contribution in [3.05, 3.63) is 11.1 Å². The summed E-state index contributed by atoms with van der Waals surface area (Å²) in [6.45, 7) is 2.94. The molecule has 8 heteroatoms. The Morgan fingerprint density at radius 3 is 2.57 bits per heavy atom. The number of carbonyl (C=O) groups excluding carboxylic acids is 4. The van der Waals surface area contributed by atoms with Gasteiger partial charge in [-0.05, 0) is 6.92 Å². The molecule has 2 amide bonds. The molecule has 2 rings (SSSR count). The lowest BCUT2D eigenvalue weighted by atomic mass is 9.83. The van der Waals surface area contributed by atoms with Crippen LogP contribution in [0.3, 0.4) is 0 Å². The van der Waals surface area contributed by atoms with Gasteiger partial charge in [0, 0.05) is 25.1 Å². The second-order valence-electron chi connectivity index (χ2n) is 4.96. The van der Waals surface area contributed by atoms with Crippen molar-refractivity contribution in [2.45, 2.75) is 32.7 Å². The van der Waals surface area contributed by atoms with E-state index >= 15 is 0 Å². The molecule has 1 aliphatic rings. The van der Waals surface area contributed by atoms with E-state index in [1.165, 1.54) is 6.92 Å². The van der Waals surface area contributed by atoms with Crippen LogP contribution in [0.2, 0.25) is 0 Å². The van der Waals surface area contributed by atoms with E-state index in [1.54, 1.807) is 12.3 Å². The summed E-state index contributed by atoms with van der Waals surface area (Å²) in [4.78, 5) is 49.6. The van der Waals surface area contributed by atoms with Gasteiger partial charge in [-0.2, -0.15) is 0 Å². The number of Topliss-reactive ketones (excluding diaryl/α,β-unsaturated/α-hetero) is 2. The monoisotopic (exact) mass is 309 g/mol. The van der Waals surface area contributed by atoms with Crippen LogP contribution in [0.15, 0.2) is 5.38 Å². The van der Waals surface area contributed by atoms with Gasteiger partial charge >= 0.3 is 0 Å². The first-order valence-electron chi connectivity index (χ1n) is 6.46. The van der Waals surface area contributed by atoms with Crippen LogP contribution in [0.1, 0.15) is 37.2 Å². The quantitative estimate of drug-likeness (QED) is 0.782. The first kappa shape index (κ1) is 15.3. The molecule has 0 aliphatic heterocycles. The Labute approximate surface area is 125 Å². The Balaban J connectivity index is 1.85. The summed E-state index contributed by atoms with van der Waals surface area (Å²) in [5.41, 5.74) is 0.292. The van der Waals surface area contributed by atoms with Crippen LogP contribution >= 0.6 is 11.3 Å². The Kier molecular flexibility index (Phi) is 4.46. The fraction of sp³-hybridized carbons (Fsp3) is 0.462. The van der Waals surface area contributed by atoms with E-state index in [9.17, 15) is 19.2 Å². The minimum absolute atomic E-state index is 0.0619. The standard InChI is InChI=1S/C13H15N3O4S/c1-6(14-12(20)8-3-9(18)4-8)11(19)16-13-15-10(5-21-13)7(2)17/h5-6,8H,3-4H2,1-2H3,(H,14,20)(H,15,16,19)/t6-/m1/s1. The zero-order valence-electron chi connectivity index (χ0n) is 11.6. The molecule has 0 bridgehead atoms. The molecule has 1 aromatic rings. The van der Waals surface area contributed by atoms with Crippen LogP contribution in [0.25, 0.3) is 0 Å². The number of nitrogens with one attached hydrogen (secondary N) is 2. The summed E-state index contributed by atoms with van der Waals surface area (Å²) >= 11 is 1.14. The molecule has 2 N–H and O–H groups in total. The topological polar surface area (TPSA) is 105 Å². The number of nitrogens with zero attached hydrogens (tertiary/aromatic N) is 1. The lowest BCUT2D eigenvalue weighted by Gasteiger charge is -2.24. The maximum absolute atomic E-state index is 11.9. The van der Waals surface area contributed by atoms with Crippen LogP contribution in [0.4, 0.5) is 5.13 Å². The van der Waals surface area contributed by atoms with Gasteiger partial charge in [-0.1, -0.05) is 0 Å². The van der Waals surface area contributed by atoms with Crippen molar-refractivity contribution in [2.24, 2.45) is 5.92 Å². The summed E-state index contributed by atoms with van der Waals surface area (Å²) < 4.78 is 0. The number of carbonyl (C=O) groups is 4. The molecular weight excluding hydrogens is 294 g/mol. The van der Waals surface area contributed by atoms with Gasteiger partial charge < -0.3 is 10.6 Å². The van der Waals surface area contributed by atoms with E-state index < -0.39 is 11.9 Å². The highest BCUT2D eigenvalue weighted by Crippen LogP contribution is 2.22. The zero-order valence-corrected chi connectivity index (χ0v) is 12.5. The molecule has 1 aromatic heterocycles. The van der Waals surface area contributed by atoms with Crippen LogP contribution in [0, 0.1) is 5.92 Å². The summed E-state index contributed by atoms with van der Waals surface area (Å²) in [6, 6.07) is -0.738. The maximum atomic E-state index is 11.9. The van der Waals surface area contributed by atoms with Crippen LogP contribution in [-0.2, 0) is 14.4 Å². The molecule has 0 aromatic carbocycles. The van der Waals surface area contributed by atoms with Crippen molar-refractivity contribution in [1.82, 2.24) is 10.3 Å². The van der Waals surface area contributed by atoms with Gasteiger partial charge in [-0.15, -0.1) is 11.3 Å². The molecule has 1 aliphatic carbocycles. The third kappa shape index (κ3) is 3.72. The van der Waals surface area contributed by atoms with E-state index in [2.05, 4.69) is 15.6 Å². The minimum atomic E-state index is -0.738. The van der Waals surface area contributed by atoms with E-state index in [0.29, 0.717) is 10.8 Å². The fourth-order valence-electron chi connectivity index (χ4n) is 1.78. The number of hydrogen-bond acceptors (Lipinski definition) is 6. The maximum Gasteiger partial charge on any atom is 0.248 e. The average Bonchev–Trinajstić information content (AvgIpc) is 2.83. The van der Waals surface area contributed by atoms with Crippen molar-refractivity contribution in [3.63, 3.8) is 0 Å². The summed E-state index contributed by atoms with van der Waals surface area (Å²) in [6.07, 6.45) is 0.489. The number of rotatable bonds is 5. The Morgan fingerprint density at radius 2 is 2.05 bits per heavy atom. The second kappa shape index (κ2) is 6.13. The molecule has 0 unspecified atom stereocenters. The molecule has 1 atom stereocenters. The Bertz CT molecular complexity index is 602. The van der Waals surface area contributed by atoms with Gasteiger partial charge in [0.15, 0.2) is 10.9 Å². The highest BCUT2D eigenvalue weighted by molar-refractivity contribution is 7.14. The van der Waals surface area contributed by atoms with Crippen molar-refractivity contribution in [3.8, 4) is 0 Å². The van der Waals surface area contributed by atoms with E-state index in [0.717, 1.165) is 11.3 Å². The van der Waals surface area contributed by atoms with Crippen molar-refractivity contribution < 1.29 is 19.2 Å². The average molecular weight is 309 g/mol. The van der Waals surface area contributed by atoms with Gasteiger partial charge in [-0.25, -0.2) is 4.98 Å². The number of amides is 2. The van der Waals surface area contributed by atoms with Crippen molar-refractivity contribution >= 4 is 39.8 Å². The summed E-state index contributed by atoms with van der Waals surface area (Å²) in [5.74, 6) is -1.15.